The first-order valence-corrected chi connectivity index (χ1v) is 7.80. The standard InChI is InChI=1S/C19H22FNO3/c1-21(13-18(22)15-7-9-17(24-2)10-8-15)19(23)11-6-14-4-3-5-16(20)12-14/h3-5,7-10,12,18,22H,6,11,13H2,1-2H3. The summed E-state index contributed by atoms with van der Waals surface area (Å²) in [5.74, 6) is 0.320. The molecule has 0 fully saturated rings. The molecular formula is C19H22FNO3. The summed E-state index contributed by atoms with van der Waals surface area (Å²) < 4.78 is 18.2. The van der Waals surface area contributed by atoms with Gasteiger partial charge in [-0.15, -0.1) is 0 Å². The van der Waals surface area contributed by atoms with Crippen molar-refractivity contribution in [2.75, 3.05) is 20.7 Å². The van der Waals surface area contributed by atoms with Gasteiger partial charge in [0.2, 0.25) is 5.91 Å². The molecule has 0 saturated carbocycles. The van der Waals surface area contributed by atoms with Crippen molar-refractivity contribution in [2.24, 2.45) is 0 Å². The van der Waals surface area contributed by atoms with Gasteiger partial charge < -0.3 is 14.7 Å². The molecule has 2 aromatic carbocycles. The Morgan fingerprint density at radius 3 is 2.58 bits per heavy atom. The maximum atomic E-state index is 13.1. The van der Waals surface area contributed by atoms with Gasteiger partial charge in [0.25, 0.3) is 0 Å². The maximum Gasteiger partial charge on any atom is 0.222 e. The number of aliphatic hydroxyl groups excluding tert-OH is 1. The van der Waals surface area contributed by atoms with Crippen LogP contribution in [0.1, 0.15) is 23.7 Å². The van der Waals surface area contributed by atoms with Crippen LogP contribution in [0.25, 0.3) is 0 Å². The van der Waals surface area contributed by atoms with Crippen molar-refractivity contribution < 1.29 is 19.0 Å². The summed E-state index contributed by atoms with van der Waals surface area (Å²) >= 11 is 0. The zero-order valence-electron chi connectivity index (χ0n) is 13.9. The van der Waals surface area contributed by atoms with Crippen LogP contribution in [0, 0.1) is 5.82 Å². The number of carbonyl (C=O) groups is 1. The first-order chi connectivity index (χ1) is 11.5. The molecule has 1 N–H and O–H groups in total. The lowest BCUT2D eigenvalue weighted by Crippen LogP contribution is -2.31. The van der Waals surface area contributed by atoms with Gasteiger partial charge in [-0.3, -0.25) is 4.79 Å². The zero-order valence-corrected chi connectivity index (χ0v) is 13.9. The van der Waals surface area contributed by atoms with Crippen LogP contribution in [0.2, 0.25) is 0 Å². The summed E-state index contributed by atoms with van der Waals surface area (Å²) in [6.45, 7) is 0.203. The maximum absolute atomic E-state index is 13.1. The number of halogens is 1. The Morgan fingerprint density at radius 2 is 1.96 bits per heavy atom. The van der Waals surface area contributed by atoms with Crippen molar-refractivity contribution in [3.8, 4) is 5.75 Å². The largest absolute Gasteiger partial charge is 0.497 e. The van der Waals surface area contributed by atoms with Crippen LogP contribution in [0.4, 0.5) is 4.39 Å². The van der Waals surface area contributed by atoms with Gasteiger partial charge >= 0.3 is 0 Å². The highest BCUT2D eigenvalue weighted by molar-refractivity contribution is 5.76. The van der Waals surface area contributed by atoms with Crippen LogP contribution in [-0.2, 0) is 11.2 Å². The number of likely N-dealkylation sites (N-methyl/N-ethyl adjacent to an activating group) is 1. The second kappa shape index (κ2) is 8.45. The molecule has 5 heteroatoms. The van der Waals surface area contributed by atoms with Gasteiger partial charge in [0.15, 0.2) is 0 Å². The molecule has 0 aliphatic rings. The van der Waals surface area contributed by atoms with Gasteiger partial charge in [-0.05, 0) is 41.8 Å². The van der Waals surface area contributed by atoms with E-state index in [-0.39, 0.29) is 24.7 Å². The van der Waals surface area contributed by atoms with Crippen molar-refractivity contribution in [2.45, 2.75) is 18.9 Å². The van der Waals surface area contributed by atoms with E-state index in [1.165, 1.54) is 17.0 Å². The molecule has 2 rings (SSSR count). The highest BCUT2D eigenvalue weighted by atomic mass is 19.1. The van der Waals surface area contributed by atoms with Crippen molar-refractivity contribution >= 4 is 5.91 Å². The minimum absolute atomic E-state index is 0.0909. The van der Waals surface area contributed by atoms with E-state index >= 15 is 0 Å². The van der Waals surface area contributed by atoms with Crippen molar-refractivity contribution in [1.82, 2.24) is 4.90 Å². The summed E-state index contributed by atoms with van der Waals surface area (Å²) in [6, 6.07) is 13.3. The highest BCUT2D eigenvalue weighted by Crippen LogP contribution is 2.18. The molecule has 128 valence electrons. The number of aliphatic hydroxyl groups is 1. The van der Waals surface area contributed by atoms with Gasteiger partial charge in [-0.2, -0.15) is 0 Å². The Bertz CT molecular complexity index is 673. The molecule has 1 atom stereocenters. The Balaban J connectivity index is 1.85. The third-order valence-electron chi connectivity index (χ3n) is 3.89. The van der Waals surface area contributed by atoms with E-state index in [2.05, 4.69) is 0 Å². The smallest absolute Gasteiger partial charge is 0.222 e. The van der Waals surface area contributed by atoms with Gasteiger partial charge in [0.1, 0.15) is 11.6 Å². The van der Waals surface area contributed by atoms with Gasteiger partial charge in [-0.1, -0.05) is 24.3 Å². The minimum atomic E-state index is -0.765. The zero-order chi connectivity index (χ0) is 17.5. The number of carbonyl (C=O) groups excluding carboxylic acids is 1. The van der Waals surface area contributed by atoms with Gasteiger partial charge in [0, 0.05) is 13.5 Å². The van der Waals surface area contributed by atoms with E-state index in [1.54, 1.807) is 50.6 Å². The molecule has 1 amide bonds. The molecule has 0 aliphatic heterocycles. The topological polar surface area (TPSA) is 49.8 Å². The number of hydrogen-bond donors (Lipinski definition) is 1. The van der Waals surface area contributed by atoms with Crippen molar-refractivity contribution in [3.05, 3.63) is 65.5 Å². The van der Waals surface area contributed by atoms with E-state index in [1.807, 2.05) is 0 Å². The fourth-order valence-corrected chi connectivity index (χ4v) is 2.43. The van der Waals surface area contributed by atoms with E-state index in [0.29, 0.717) is 12.2 Å². The Kier molecular flexibility index (Phi) is 6.32. The molecular weight excluding hydrogens is 309 g/mol. The summed E-state index contributed by atoms with van der Waals surface area (Å²) in [5.41, 5.74) is 1.51. The third-order valence-corrected chi connectivity index (χ3v) is 3.89. The van der Waals surface area contributed by atoms with Crippen LogP contribution in [0.3, 0.4) is 0 Å². The minimum Gasteiger partial charge on any atom is -0.497 e. The number of methoxy groups -OCH3 is 1. The number of nitrogens with zero attached hydrogens (tertiary/aromatic N) is 1. The number of hydrogen-bond acceptors (Lipinski definition) is 3. The fourth-order valence-electron chi connectivity index (χ4n) is 2.43. The molecule has 0 aromatic heterocycles. The van der Waals surface area contributed by atoms with Crippen LogP contribution >= 0.6 is 0 Å². The predicted molar refractivity (Wildman–Crippen MR) is 90.3 cm³/mol. The predicted octanol–water partition coefficient (Wildman–Crippen LogP) is 2.96. The molecule has 4 nitrogen and oxygen atoms in total. The van der Waals surface area contributed by atoms with E-state index in [9.17, 15) is 14.3 Å². The second-order valence-electron chi connectivity index (χ2n) is 5.69. The molecule has 0 spiro atoms. The monoisotopic (exact) mass is 331 g/mol. The van der Waals surface area contributed by atoms with Crippen LogP contribution in [0.5, 0.6) is 5.75 Å². The Hall–Kier alpha value is -2.40. The van der Waals surface area contributed by atoms with E-state index in [0.717, 1.165) is 11.1 Å². The van der Waals surface area contributed by atoms with Gasteiger partial charge in [-0.25, -0.2) is 4.39 Å². The van der Waals surface area contributed by atoms with E-state index in [4.69, 9.17) is 4.74 Å². The lowest BCUT2D eigenvalue weighted by molar-refractivity contribution is -0.131. The quantitative estimate of drug-likeness (QED) is 0.849. The van der Waals surface area contributed by atoms with Gasteiger partial charge in [0.05, 0.1) is 19.8 Å². The molecule has 0 heterocycles. The average molecular weight is 331 g/mol. The molecule has 0 bridgehead atoms. The number of aryl methyl sites for hydroxylation is 1. The van der Waals surface area contributed by atoms with Crippen molar-refractivity contribution in [3.63, 3.8) is 0 Å². The average Bonchev–Trinajstić information content (AvgIpc) is 2.59. The summed E-state index contributed by atoms with van der Waals surface area (Å²) in [4.78, 5) is 13.7. The normalized spacial score (nSPS) is 11.8. The lowest BCUT2D eigenvalue weighted by atomic mass is 10.1. The fraction of sp³-hybridized carbons (Fsp3) is 0.316. The van der Waals surface area contributed by atoms with Crippen LogP contribution < -0.4 is 4.74 Å². The first kappa shape index (κ1) is 17.9. The third kappa shape index (κ3) is 5.06. The number of rotatable bonds is 7. The molecule has 0 saturated heterocycles. The summed E-state index contributed by atoms with van der Waals surface area (Å²) in [5, 5.41) is 10.2. The molecule has 0 aliphatic carbocycles. The molecule has 2 aromatic rings. The number of ether oxygens (including phenoxy) is 1. The number of benzene rings is 2. The molecule has 1 unspecified atom stereocenters. The summed E-state index contributed by atoms with van der Waals surface area (Å²) in [6.07, 6.45) is -0.0199. The van der Waals surface area contributed by atoms with Crippen molar-refractivity contribution in [1.29, 1.82) is 0 Å². The Morgan fingerprint density at radius 1 is 1.25 bits per heavy atom. The van der Waals surface area contributed by atoms with Crippen LogP contribution in [-0.4, -0.2) is 36.6 Å². The Labute approximate surface area is 141 Å². The van der Waals surface area contributed by atoms with E-state index < -0.39 is 6.10 Å². The number of amides is 1. The summed E-state index contributed by atoms with van der Waals surface area (Å²) in [7, 11) is 3.23. The van der Waals surface area contributed by atoms with Crippen LogP contribution in [0.15, 0.2) is 48.5 Å². The lowest BCUT2D eigenvalue weighted by Gasteiger charge is -2.21. The molecule has 24 heavy (non-hydrogen) atoms. The molecule has 0 radical (unpaired) electrons. The first-order valence-electron chi connectivity index (χ1n) is 7.80. The highest BCUT2D eigenvalue weighted by Gasteiger charge is 2.15. The second-order valence-corrected chi connectivity index (χ2v) is 5.69. The SMILES string of the molecule is COc1ccc(C(O)CN(C)C(=O)CCc2cccc(F)c2)cc1.